The van der Waals surface area contributed by atoms with Gasteiger partial charge in [-0.25, -0.2) is 0 Å². The van der Waals surface area contributed by atoms with Crippen LogP contribution in [0.15, 0.2) is 0 Å². The molecule has 0 saturated carbocycles. The summed E-state index contributed by atoms with van der Waals surface area (Å²) in [5, 5.41) is 17.6. The number of nitrogens with one attached hydrogen (secondary N) is 1. The van der Waals surface area contributed by atoms with E-state index in [-0.39, 0.29) is 0 Å². The lowest BCUT2D eigenvalue weighted by molar-refractivity contribution is 0.172. The summed E-state index contributed by atoms with van der Waals surface area (Å²) in [6.45, 7) is 2.57. The molecule has 0 bridgehead atoms. The van der Waals surface area contributed by atoms with E-state index in [4.69, 9.17) is 11.6 Å². The molecule has 0 aliphatic rings. The lowest BCUT2D eigenvalue weighted by Crippen LogP contribution is -2.26. The largest absolute Gasteiger partial charge is 0.391 e. The van der Waals surface area contributed by atoms with Crippen LogP contribution in [0.5, 0.6) is 0 Å². The van der Waals surface area contributed by atoms with Crippen molar-refractivity contribution in [1.29, 1.82) is 0 Å². The van der Waals surface area contributed by atoms with Gasteiger partial charge in [-0.2, -0.15) is 5.10 Å². The third-order valence-corrected chi connectivity index (χ3v) is 2.81. The fourth-order valence-corrected chi connectivity index (χ4v) is 1.94. The molecule has 1 heterocycles. The average molecular weight is 232 g/mol. The quantitative estimate of drug-likeness (QED) is 0.787. The summed E-state index contributed by atoms with van der Waals surface area (Å²) in [7, 11) is 3.66. The number of rotatable bonds is 5. The van der Waals surface area contributed by atoms with Crippen molar-refractivity contribution in [2.75, 3.05) is 13.6 Å². The zero-order valence-electron chi connectivity index (χ0n) is 9.42. The van der Waals surface area contributed by atoms with Gasteiger partial charge in [0.1, 0.15) is 0 Å². The Morgan fingerprint density at radius 3 is 2.73 bits per heavy atom. The number of aryl methyl sites for hydroxylation is 2. The van der Waals surface area contributed by atoms with Crippen LogP contribution in [0.3, 0.4) is 0 Å². The Labute approximate surface area is 95.2 Å². The molecule has 1 rings (SSSR count). The van der Waals surface area contributed by atoms with Crippen LogP contribution in [-0.2, 0) is 19.9 Å². The van der Waals surface area contributed by atoms with Crippen molar-refractivity contribution in [3.63, 3.8) is 0 Å². The molecule has 0 radical (unpaired) electrons. The SMILES string of the molecule is CCc1nn(C)c(CC(O)CNC)c1Cl. The molecule has 1 aromatic heterocycles. The Hall–Kier alpha value is -0.580. The predicted octanol–water partition coefficient (Wildman–Crippen LogP) is 0.759. The highest BCUT2D eigenvalue weighted by Crippen LogP contribution is 2.21. The number of aliphatic hydroxyl groups is 1. The van der Waals surface area contributed by atoms with E-state index < -0.39 is 6.10 Å². The van der Waals surface area contributed by atoms with E-state index in [1.165, 1.54) is 0 Å². The summed E-state index contributed by atoms with van der Waals surface area (Å²) in [5.41, 5.74) is 1.79. The highest BCUT2D eigenvalue weighted by molar-refractivity contribution is 6.31. The molecule has 4 nitrogen and oxygen atoms in total. The number of likely N-dealkylation sites (N-methyl/N-ethyl adjacent to an activating group) is 1. The molecule has 15 heavy (non-hydrogen) atoms. The summed E-state index contributed by atoms with van der Waals surface area (Å²) in [6, 6.07) is 0. The smallest absolute Gasteiger partial charge is 0.0850 e. The Morgan fingerprint density at radius 2 is 2.27 bits per heavy atom. The topological polar surface area (TPSA) is 50.1 Å². The molecular weight excluding hydrogens is 214 g/mol. The first-order valence-corrected chi connectivity index (χ1v) is 5.50. The summed E-state index contributed by atoms with van der Waals surface area (Å²) >= 11 is 6.16. The van der Waals surface area contributed by atoms with Gasteiger partial charge in [-0.1, -0.05) is 18.5 Å². The molecule has 0 aliphatic carbocycles. The number of halogens is 1. The number of nitrogens with zero attached hydrogens (tertiary/aromatic N) is 2. The molecule has 1 unspecified atom stereocenters. The van der Waals surface area contributed by atoms with Crippen LogP contribution in [0.1, 0.15) is 18.3 Å². The zero-order chi connectivity index (χ0) is 11.4. The minimum atomic E-state index is -0.424. The molecule has 0 fully saturated rings. The van der Waals surface area contributed by atoms with Crippen molar-refractivity contribution in [1.82, 2.24) is 15.1 Å². The van der Waals surface area contributed by atoms with E-state index >= 15 is 0 Å². The summed E-state index contributed by atoms with van der Waals surface area (Å²) in [4.78, 5) is 0. The van der Waals surface area contributed by atoms with Crippen LogP contribution in [-0.4, -0.2) is 34.6 Å². The zero-order valence-corrected chi connectivity index (χ0v) is 10.2. The van der Waals surface area contributed by atoms with Gasteiger partial charge in [-0.3, -0.25) is 4.68 Å². The van der Waals surface area contributed by atoms with Crippen LogP contribution in [0.4, 0.5) is 0 Å². The number of hydrogen-bond donors (Lipinski definition) is 2. The number of hydrogen-bond acceptors (Lipinski definition) is 3. The minimum absolute atomic E-state index is 0.424. The van der Waals surface area contributed by atoms with E-state index in [0.29, 0.717) is 18.0 Å². The van der Waals surface area contributed by atoms with Crippen molar-refractivity contribution in [3.8, 4) is 0 Å². The van der Waals surface area contributed by atoms with Gasteiger partial charge in [-0.05, 0) is 13.5 Å². The van der Waals surface area contributed by atoms with Crippen molar-refractivity contribution in [3.05, 3.63) is 16.4 Å². The van der Waals surface area contributed by atoms with Crippen LogP contribution in [0, 0.1) is 0 Å². The summed E-state index contributed by atoms with van der Waals surface area (Å²) in [6.07, 6.45) is 0.922. The third kappa shape index (κ3) is 2.93. The monoisotopic (exact) mass is 231 g/mol. The molecule has 2 N–H and O–H groups in total. The van der Waals surface area contributed by atoms with E-state index in [9.17, 15) is 5.11 Å². The van der Waals surface area contributed by atoms with E-state index in [1.54, 1.807) is 4.68 Å². The highest BCUT2D eigenvalue weighted by Gasteiger charge is 2.15. The first kappa shape index (κ1) is 12.5. The third-order valence-electron chi connectivity index (χ3n) is 2.37. The summed E-state index contributed by atoms with van der Waals surface area (Å²) < 4.78 is 1.75. The Balaban J connectivity index is 2.80. The molecule has 0 aliphatic heterocycles. The first-order chi connectivity index (χ1) is 7.10. The van der Waals surface area contributed by atoms with Crippen LogP contribution in [0.25, 0.3) is 0 Å². The predicted molar refractivity (Wildman–Crippen MR) is 61.2 cm³/mol. The standard InChI is InChI=1S/C10H18ClN3O/c1-4-8-10(11)9(14(3)13-8)5-7(15)6-12-2/h7,12,15H,4-6H2,1-3H3. The van der Waals surface area contributed by atoms with Crippen molar-refractivity contribution in [2.24, 2.45) is 7.05 Å². The maximum atomic E-state index is 9.67. The highest BCUT2D eigenvalue weighted by atomic mass is 35.5. The van der Waals surface area contributed by atoms with Crippen LogP contribution < -0.4 is 5.32 Å². The van der Waals surface area contributed by atoms with Crippen molar-refractivity contribution >= 4 is 11.6 Å². The molecule has 86 valence electrons. The molecular formula is C10H18ClN3O. The van der Waals surface area contributed by atoms with Gasteiger partial charge in [0.25, 0.3) is 0 Å². The van der Waals surface area contributed by atoms with E-state index in [2.05, 4.69) is 10.4 Å². The number of aliphatic hydroxyl groups excluding tert-OH is 1. The second-order valence-corrected chi connectivity index (χ2v) is 3.98. The van der Waals surface area contributed by atoms with Gasteiger partial charge >= 0.3 is 0 Å². The molecule has 0 aromatic carbocycles. The second kappa shape index (κ2) is 5.49. The first-order valence-electron chi connectivity index (χ1n) is 5.13. The molecule has 0 spiro atoms. The normalized spacial score (nSPS) is 13.1. The van der Waals surface area contributed by atoms with Gasteiger partial charge in [0.2, 0.25) is 0 Å². The molecule has 1 atom stereocenters. The fourth-order valence-electron chi connectivity index (χ4n) is 1.57. The van der Waals surface area contributed by atoms with Gasteiger partial charge in [0, 0.05) is 20.0 Å². The van der Waals surface area contributed by atoms with Gasteiger partial charge in [-0.15, -0.1) is 0 Å². The lowest BCUT2D eigenvalue weighted by atomic mass is 10.2. The second-order valence-electron chi connectivity index (χ2n) is 3.60. The average Bonchev–Trinajstić information content (AvgIpc) is 2.45. The van der Waals surface area contributed by atoms with Crippen molar-refractivity contribution in [2.45, 2.75) is 25.9 Å². The minimum Gasteiger partial charge on any atom is -0.391 e. The maximum absolute atomic E-state index is 9.67. The molecule has 1 aromatic rings. The van der Waals surface area contributed by atoms with Crippen LogP contribution >= 0.6 is 11.6 Å². The molecule has 5 heteroatoms. The van der Waals surface area contributed by atoms with Gasteiger partial charge < -0.3 is 10.4 Å². The van der Waals surface area contributed by atoms with E-state index in [0.717, 1.165) is 17.8 Å². The molecule has 0 saturated heterocycles. The Morgan fingerprint density at radius 1 is 1.60 bits per heavy atom. The molecule has 0 amide bonds. The number of aromatic nitrogens is 2. The summed E-state index contributed by atoms with van der Waals surface area (Å²) in [5.74, 6) is 0. The van der Waals surface area contributed by atoms with Crippen molar-refractivity contribution < 1.29 is 5.11 Å². The van der Waals surface area contributed by atoms with Crippen LogP contribution in [0.2, 0.25) is 5.02 Å². The maximum Gasteiger partial charge on any atom is 0.0850 e. The Bertz CT molecular complexity index is 325. The Kier molecular flexibility index (Phi) is 4.57. The van der Waals surface area contributed by atoms with Gasteiger partial charge in [0.15, 0.2) is 0 Å². The van der Waals surface area contributed by atoms with Gasteiger partial charge in [0.05, 0.1) is 22.5 Å². The fraction of sp³-hybridized carbons (Fsp3) is 0.700. The van der Waals surface area contributed by atoms with E-state index in [1.807, 2.05) is 21.0 Å². The lowest BCUT2D eigenvalue weighted by Gasteiger charge is -2.10.